The highest BCUT2D eigenvalue weighted by atomic mass is 79.9. The van der Waals surface area contributed by atoms with E-state index in [4.69, 9.17) is 4.74 Å². The number of methoxy groups -OCH3 is 1. The van der Waals surface area contributed by atoms with Crippen LogP contribution >= 0.6 is 15.9 Å². The fourth-order valence-electron chi connectivity index (χ4n) is 5.06. The monoisotopic (exact) mass is 522 g/mol. The number of hydrogen-bond donors (Lipinski definition) is 1. The molecule has 0 fully saturated rings. The van der Waals surface area contributed by atoms with Crippen molar-refractivity contribution in [3.8, 4) is 17.0 Å². The lowest BCUT2D eigenvalue weighted by Gasteiger charge is -2.27. The van der Waals surface area contributed by atoms with Crippen LogP contribution in [0.3, 0.4) is 0 Å². The first-order valence-corrected chi connectivity index (χ1v) is 12.3. The van der Waals surface area contributed by atoms with Crippen LogP contribution in [0.4, 0.5) is 0 Å². The Morgan fingerprint density at radius 1 is 0.886 bits per heavy atom. The molecule has 1 aromatic heterocycles. The van der Waals surface area contributed by atoms with E-state index in [1.54, 1.807) is 7.11 Å². The summed E-state index contributed by atoms with van der Waals surface area (Å²) in [6, 6.07) is 32.3. The van der Waals surface area contributed by atoms with E-state index in [0.29, 0.717) is 6.54 Å². The number of H-pyrrole nitrogens is 1. The third-order valence-corrected chi connectivity index (χ3v) is 7.25. The average Bonchev–Trinajstić information content (AvgIpc) is 3.40. The highest BCUT2D eigenvalue weighted by molar-refractivity contribution is 9.10. The Bertz CT molecular complexity index is 1540. The third-order valence-electron chi connectivity index (χ3n) is 6.72. The Hall–Kier alpha value is -3.83. The first-order chi connectivity index (χ1) is 17.1. The maximum absolute atomic E-state index is 13.7. The van der Waals surface area contributed by atoms with E-state index in [2.05, 4.69) is 57.3 Å². The molecule has 35 heavy (non-hydrogen) atoms. The Morgan fingerprint density at radius 3 is 2.37 bits per heavy atom. The standard InChI is InChI=1S/C30H23BrN2O2/c1-35-22-16-10-19(11-17-22)18-33-29(23-6-2-3-7-24(23)30(33)34)27-25-8-4-5-9-26(25)32-28(27)20-12-14-21(31)15-13-20/h2-17,29,32H,18H2,1H3. The van der Waals surface area contributed by atoms with Crippen molar-refractivity contribution in [2.24, 2.45) is 0 Å². The zero-order valence-electron chi connectivity index (χ0n) is 19.2. The van der Waals surface area contributed by atoms with Gasteiger partial charge in [-0.15, -0.1) is 0 Å². The maximum Gasteiger partial charge on any atom is 0.255 e. The number of fused-ring (bicyclic) bond motifs is 2. The number of benzene rings is 4. The van der Waals surface area contributed by atoms with E-state index in [9.17, 15) is 4.79 Å². The number of amides is 1. The summed E-state index contributed by atoms with van der Waals surface area (Å²) in [6.45, 7) is 0.501. The van der Waals surface area contributed by atoms with Crippen LogP contribution in [0.25, 0.3) is 22.2 Å². The molecule has 1 atom stereocenters. The van der Waals surface area contributed by atoms with Gasteiger partial charge in [-0.3, -0.25) is 4.79 Å². The van der Waals surface area contributed by atoms with Crippen molar-refractivity contribution in [1.29, 1.82) is 0 Å². The molecule has 4 nitrogen and oxygen atoms in total. The van der Waals surface area contributed by atoms with E-state index in [0.717, 1.165) is 54.6 Å². The number of aromatic amines is 1. The van der Waals surface area contributed by atoms with Crippen molar-refractivity contribution < 1.29 is 9.53 Å². The molecule has 2 heterocycles. The van der Waals surface area contributed by atoms with Gasteiger partial charge in [-0.25, -0.2) is 0 Å². The van der Waals surface area contributed by atoms with Gasteiger partial charge in [-0.05, 0) is 53.1 Å². The van der Waals surface area contributed by atoms with Crippen LogP contribution in [0.5, 0.6) is 5.75 Å². The summed E-state index contributed by atoms with van der Waals surface area (Å²) in [6.07, 6.45) is 0. The molecule has 1 amide bonds. The quantitative estimate of drug-likeness (QED) is 0.262. The molecule has 0 spiro atoms. The highest BCUT2D eigenvalue weighted by Crippen LogP contribution is 2.46. The number of hydrogen-bond acceptors (Lipinski definition) is 2. The minimum absolute atomic E-state index is 0.0495. The summed E-state index contributed by atoms with van der Waals surface area (Å²) >= 11 is 3.55. The zero-order valence-corrected chi connectivity index (χ0v) is 20.7. The molecule has 1 N–H and O–H groups in total. The Balaban J connectivity index is 1.55. The van der Waals surface area contributed by atoms with Crippen molar-refractivity contribution in [3.05, 3.63) is 124 Å². The Morgan fingerprint density at radius 2 is 1.60 bits per heavy atom. The summed E-state index contributed by atoms with van der Waals surface area (Å²) in [5, 5.41) is 1.12. The average molecular weight is 523 g/mol. The van der Waals surface area contributed by atoms with Crippen LogP contribution in [0.15, 0.2) is 102 Å². The minimum Gasteiger partial charge on any atom is -0.497 e. The number of nitrogens with zero attached hydrogens (tertiary/aromatic N) is 1. The SMILES string of the molecule is COc1ccc(CN2C(=O)c3ccccc3C2c2c(-c3ccc(Br)cc3)[nH]c3ccccc23)cc1. The molecular formula is C30H23BrN2O2. The van der Waals surface area contributed by atoms with E-state index < -0.39 is 0 Å². The molecule has 5 aromatic rings. The predicted octanol–water partition coefficient (Wildman–Crippen LogP) is 7.35. The van der Waals surface area contributed by atoms with Crippen molar-refractivity contribution in [2.75, 3.05) is 7.11 Å². The molecule has 1 aliphatic heterocycles. The fourth-order valence-corrected chi connectivity index (χ4v) is 5.33. The number of aromatic nitrogens is 1. The molecule has 5 heteroatoms. The number of ether oxygens (including phenoxy) is 1. The van der Waals surface area contributed by atoms with Gasteiger partial charge in [0.2, 0.25) is 0 Å². The van der Waals surface area contributed by atoms with Crippen LogP contribution < -0.4 is 4.74 Å². The van der Waals surface area contributed by atoms with E-state index in [1.807, 2.05) is 65.6 Å². The van der Waals surface area contributed by atoms with Crippen LogP contribution in [0.2, 0.25) is 0 Å². The van der Waals surface area contributed by atoms with Gasteiger partial charge in [0.25, 0.3) is 5.91 Å². The van der Waals surface area contributed by atoms with Crippen LogP contribution in [-0.2, 0) is 6.54 Å². The molecule has 1 unspecified atom stereocenters. The summed E-state index contributed by atoms with van der Waals surface area (Å²) in [5.74, 6) is 0.851. The van der Waals surface area contributed by atoms with Crippen LogP contribution in [0, 0.1) is 0 Å². The summed E-state index contributed by atoms with van der Waals surface area (Å²) in [5.41, 5.74) is 7.15. The maximum atomic E-state index is 13.7. The number of carbonyl (C=O) groups is 1. The Kier molecular flexibility index (Phi) is 5.42. The Labute approximate surface area is 212 Å². The molecule has 0 saturated heterocycles. The number of rotatable bonds is 5. The number of nitrogens with one attached hydrogen (secondary N) is 1. The van der Waals surface area contributed by atoms with Crippen molar-refractivity contribution >= 4 is 32.7 Å². The van der Waals surface area contributed by atoms with Gasteiger partial charge in [0.05, 0.1) is 18.8 Å². The van der Waals surface area contributed by atoms with E-state index in [1.165, 1.54) is 0 Å². The second-order valence-corrected chi connectivity index (χ2v) is 9.65. The molecule has 172 valence electrons. The molecule has 0 radical (unpaired) electrons. The van der Waals surface area contributed by atoms with Gasteiger partial charge in [-0.1, -0.05) is 76.6 Å². The second kappa shape index (κ2) is 8.75. The predicted molar refractivity (Wildman–Crippen MR) is 143 cm³/mol. The zero-order chi connectivity index (χ0) is 23.9. The number of carbonyl (C=O) groups excluding carboxylic acids is 1. The van der Waals surface area contributed by atoms with E-state index >= 15 is 0 Å². The lowest BCUT2D eigenvalue weighted by atomic mass is 9.93. The largest absolute Gasteiger partial charge is 0.497 e. The first kappa shape index (κ1) is 21.7. The van der Waals surface area contributed by atoms with Gasteiger partial charge < -0.3 is 14.6 Å². The molecule has 4 aromatic carbocycles. The molecular weight excluding hydrogens is 500 g/mol. The van der Waals surface area contributed by atoms with E-state index in [-0.39, 0.29) is 11.9 Å². The minimum atomic E-state index is -0.212. The van der Waals surface area contributed by atoms with Crippen LogP contribution in [0.1, 0.15) is 33.1 Å². The van der Waals surface area contributed by atoms with Crippen molar-refractivity contribution in [2.45, 2.75) is 12.6 Å². The fraction of sp³-hybridized carbons (Fsp3) is 0.100. The topological polar surface area (TPSA) is 45.3 Å². The highest BCUT2D eigenvalue weighted by Gasteiger charge is 2.40. The first-order valence-electron chi connectivity index (χ1n) is 11.5. The van der Waals surface area contributed by atoms with Crippen molar-refractivity contribution in [3.63, 3.8) is 0 Å². The van der Waals surface area contributed by atoms with Gasteiger partial charge in [0.1, 0.15) is 5.75 Å². The van der Waals surface area contributed by atoms with Gasteiger partial charge in [-0.2, -0.15) is 0 Å². The third kappa shape index (κ3) is 3.72. The van der Waals surface area contributed by atoms with Gasteiger partial charge in [0, 0.05) is 33.0 Å². The lowest BCUT2D eigenvalue weighted by molar-refractivity contribution is 0.0737. The molecule has 1 aliphatic rings. The number of halogens is 1. The summed E-state index contributed by atoms with van der Waals surface area (Å²) in [7, 11) is 1.66. The number of para-hydroxylation sites is 1. The smallest absolute Gasteiger partial charge is 0.255 e. The molecule has 0 bridgehead atoms. The second-order valence-electron chi connectivity index (χ2n) is 8.74. The normalized spacial score (nSPS) is 15.0. The molecule has 6 rings (SSSR count). The van der Waals surface area contributed by atoms with Crippen molar-refractivity contribution in [1.82, 2.24) is 9.88 Å². The summed E-state index contributed by atoms with van der Waals surface area (Å²) < 4.78 is 6.35. The molecule has 0 saturated carbocycles. The lowest BCUT2D eigenvalue weighted by Crippen LogP contribution is -2.28. The van der Waals surface area contributed by atoms with Gasteiger partial charge >= 0.3 is 0 Å². The summed E-state index contributed by atoms with van der Waals surface area (Å²) in [4.78, 5) is 19.4. The molecule has 0 aliphatic carbocycles. The van der Waals surface area contributed by atoms with Crippen LogP contribution in [-0.4, -0.2) is 22.9 Å². The van der Waals surface area contributed by atoms with Gasteiger partial charge in [0.15, 0.2) is 0 Å².